The van der Waals surface area contributed by atoms with Crippen LogP contribution in [0.15, 0.2) is 17.4 Å². The number of aliphatic hydroxyl groups is 2. The molecule has 3 heterocycles. The van der Waals surface area contributed by atoms with E-state index < -0.39 is 43.4 Å². The van der Waals surface area contributed by atoms with E-state index in [4.69, 9.17) is 19.3 Å². The maximum atomic E-state index is 12.0. The Morgan fingerprint density at radius 3 is 2.71 bits per heavy atom. The summed E-state index contributed by atoms with van der Waals surface area (Å²) < 4.78 is 27.9. The smallest absolute Gasteiger partial charge is 0.387 e. The Morgan fingerprint density at radius 1 is 1.35 bits per heavy atom. The van der Waals surface area contributed by atoms with Crippen LogP contribution in [0, 0.1) is 0 Å². The number of phosphoric acid groups is 1. The van der Waals surface area contributed by atoms with Crippen molar-refractivity contribution in [2.45, 2.75) is 30.3 Å². The third-order valence-corrected chi connectivity index (χ3v) is 6.03. The molecule has 0 saturated carbocycles. The van der Waals surface area contributed by atoms with Gasteiger partial charge in [0.1, 0.15) is 24.6 Å². The van der Waals surface area contributed by atoms with Crippen LogP contribution in [0.5, 0.6) is 0 Å². The fourth-order valence-electron chi connectivity index (χ4n) is 2.93. The predicted octanol–water partition coefficient (Wildman–Crippen LogP) is -2.03. The third kappa shape index (κ3) is 6.62. The number of aromatic nitrogens is 4. The first-order valence-corrected chi connectivity index (χ1v) is 11.1. The number of rotatable bonds is 9. The molecule has 4 atom stereocenters. The molecule has 1 aliphatic heterocycles. The van der Waals surface area contributed by atoms with Gasteiger partial charge >= 0.3 is 7.82 Å². The molecule has 1 fully saturated rings. The summed E-state index contributed by atoms with van der Waals surface area (Å²) in [4.78, 5) is 40.3. The van der Waals surface area contributed by atoms with Crippen LogP contribution >= 0.6 is 19.6 Å². The second-order valence-corrected chi connectivity index (χ2v) is 8.59. The molecule has 2 aromatic rings. The monoisotopic (exact) mass is 498 g/mol. The minimum Gasteiger partial charge on any atom is -0.387 e. The Kier molecular flexibility index (Phi) is 11.9. The van der Waals surface area contributed by atoms with E-state index in [2.05, 4.69) is 19.5 Å². The first-order valence-electron chi connectivity index (χ1n) is 8.56. The first kappa shape index (κ1) is 29.7. The van der Waals surface area contributed by atoms with Gasteiger partial charge in [-0.25, -0.2) is 14.5 Å². The van der Waals surface area contributed by atoms with E-state index in [1.807, 2.05) is 6.92 Å². The van der Waals surface area contributed by atoms with Crippen LogP contribution in [0.4, 0.5) is 0 Å². The molecule has 17 heteroatoms. The number of H-pyrrole nitrogens is 1. The second kappa shape index (κ2) is 12.4. The molecule has 0 aromatic carbocycles. The molecule has 2 radical (unpaired) electrons. The molecule has 31 heavy (non-hydrogen) atoms. The Balaban J connectivity index is 0.00000240. The van der Waals surface area contributed by atoms with E-state index in [1.165, 1.54) is 10.9 Å². The molecule has 0 amide bonds. The topological polar surface area (TPSA) is 189 Å². The van der Waals surface area contributed by atoms with Gasteiger partial charge in [0.05, 0.1) is 19.5 Å². The summed E-state index contributed by atoms with van der Waals surface area (Å²) in [6.07, 6.45) is -1.97. The molecule has 5 N–H and O–H groups in total. The number of imidazole rings is 1. The summed E-state index contributed by atoms with van der Waals surface area (Å²) in [5, 5.41) is 19.6. The van der Waals surface area contributed by atoms with Crippen LogP contribution in [0.1, 0.15) is 6.92 Å². The number of thioether (sulfide) groups is 1. The third-order valence-electron chi connectivity index (χ3n) is 4.22. The van der Waals surface area contributed by atoms with Crippen LogP contribution in [0.3, 0.4) is 0 Å². The molecule has 0 unspecified atom stereocenters. The minimum absolute atomic E-state index is 0. The summed E-state index contributed by atoms with van der Waals surface area (Å²) in [6.45, 7) is 1.93. The maximum absolute atomic E-state index is 12.0. The average molecular weight is 498 g/mol. The molecule has 0 spiro atoms. The van der Waals surface area contributed by atoms with Crippen molar-refractivity contribution in [3.63, 3.8) is 0 Å². The first-order chi connectivity index (χ1) is 13.7. The normalized spacial score (nSPS) is 25.9. The molecule has 3 rings (SSSR count). The number of fused-ring (bicyclic) bond motifs is 1. The van der Waals surface area contributed by atoms with Crippen molar-refractivity contribution in [1.82, 2.24) is 19.5 Å². The molecule has 1 aliphatic rings. The minimum atomic E-state index is -4.82. The zero-order valence-corrected chi connectivity index (χ0v) is 23.0. The van der Waals surface area contributed by atoms with Crippen molar-refractivity contribution in [3.05, 3.63) is 23.0 Å². The van der Waals surface area contributed by atoms with Crippen molar-refractivity contribution in [3.8, 4) is 0 Å². The number of hydrogen-bond donors (Lipinski definition) is 5. The molecule has 0 bridgehead atoms. The molecular weight excluding hydrogens is 477 g/mol. The standard InChI is InChI=1S/C14H21N4O9PS.2Na/c1-2-25-3-4-29-14(18-7-17-9-12(18)15-6-16-13(9)21)11(20)10(19)8(27-14)5-26-28(22,23)24;;/h6-8,10-11,19-20H,2-5H2,1H3,(H,15,16,21)(H2,22,23,24);;/t8-,10-,11-,14+;;/m1../s1. The van der Waals surface area contributed by atoms with Gasteiger partial charge in [-0.2, -0.15) is 0 Å². The number of hydrogen-bond acceptors (Lipinski definition) is 10. The van der Waals surface area contributed by atoms with Crippen LogP contribution in [-0.2, 0) is 23.6 Å². The number of aromatic amines is 1. The fraction of sp³-hybridized carbons (Fsp3) is 0.643. The number of aliphatic hydroxyl groups excluding tert-OH is 2. The molecule has 1 saturated heterocycles. The van der Waals surface area contributed by atoms with Crippen LogP contribution in [-0.4, -0.2) is 143 Å². The van der Waals surface area contributed by atoms with Gasteiger partial charge in [0.2, 0.25) is 5.06 Å². The zero-order chi connectivity index (χ0) is 21.2. The van der Waals surface area contributed by atoms with E-state index in [-0.39, 0.29) is 70.3 Å². The van der Waals surface area contributed by atoms with Gasteiger partial charge in [-0.3, -0.25) is 13.9 Å². The summed E-state index contributed by atoms with van der Waals surface area (Å²) in [5.41, 5.74) is -0.407. The van der Waals surface area contributed by atoms with E-state index in [9.17, 15) is 19.6 Å². The van der Waals surface area contributed by atoms with Crippen molar-refractivity contribution in [2.75, 3.05) is 25.6 Å². The Hall–Kier alpha value is 0.650. The number of ether oxygens (including phenoxy) is 2. The van der Waals surface area contributed by atoms with Crippen molar-refractivity contribution >= 4 is 89.9 Å². The van der Waals surface area contributed by atoms with Crippen LogP contribution in [0.2, 0.25) is 0 Å². The quantitative estimate of drug-likeness (QED) is 0.145. The van der Waals surface area contributed by atoms with Gasteiger partial charge in [-0.05, 0) is 6.92 Å². The van der Waals surface area contributed by atoms with E-state index in [1.54, 1.807) is 0 Å². The van der Waals surface area contributed by atoms with E-state index in [0.717, 1.165) is 18.1 Å². The largest absolute Gasteiger partial charge is 0.469 e. The Bertz CT molecular complexity index is 959. The van der Waals surface area contributed by atoms with Gasteiger partial charge < -0.3 is 34.5 Å². The number of nitrogens with one attached hydrogen (secondary N) is 1. The van der Waals surface area contributed by atoms with Gasteiger partial charge in [0.15, 0.2) is 11.2 Å². The maximum Gasteiger partial charge on any atom is 0.469 e. The SMILES string of the molecule is CCOCCS[C@@]1(n2cnc3c(=O)[nH]cnc32)O[C@H](COP(=O)(O)O)[C@@H](O)[C@H]1O.[Na].[Na]. The molecule has 0 aliphatic carbocycles. The number of phosphoric ester groups is 1. The van der Waals surface area contributed by atoms with Crippen molar-refractivity contribution in [1.29, 1.82) is 0 Å². The summed E-state index contributed by atoms with van der Waals surface area (Å²) >= 11 is 1.06. The molecular formula is C14H21N4Na2O9PS. The van der Waals surface area contributed by atoms with Crippen LogP contribution in [0.25, 0.3) is 11.2 Å². The summed E-state index contributed by atoms with van der Waals surface area (Å²) in [5.74, 6) is 0.326. The van der Waals surface area contributed by atoms with E-state index >= 15 is 0 Å². The fourth-order valence-corrected chi connectivity index (χ4v) is 4.54. The second-order valence-electron chi connectivity index (χ2n) is 6.07. The van der Waals surface area contributed by atoms with Gasteiger partial charge in [-0.1, -0.05) is 11.8 Å². The molecule has 13 nitrogen and oxygen atoms in total. The average Bonchev–Trinajstić information content (AvgIpc) is 3.20. The van der Waals surface area contributed by atoms with Crippen molar-refractivity contribution in [2.24, 2.45) is 0 Å². The van der Waals surface area contributed by atoms with Crippen LogP contribution < -0.4 is 5.56 Å². The Morgan fingerprint density at radius 2 is 2.06 bits per heavy atom. The van der Waals surface area contributed by atoms with Gasteiger partial charge in [0, 0.05) is 71.5 Å². The summed E-state index contributed by atoms with van der Waals surface area (Å²) in [6, 6.07) is 0. The molecule has 2 aromatic heterocycles. The zero-order valence-electron chi connectivity index (χ0n) is 17.2. The van der Waals surface area contributed by atoms with Gasteiger partial charge in [0.25, 0.3) is 5.56 Å². The Labute approximate surface area is 225 Å². The van der Waals surface area contributed by atoms with Gasteiger partial charge in [-0.15, -0.1) is 0 Å². The van der Waals surface area contributed by atoms with E-state index in [0.29, 0.717) is 19.0 Å². The predicted molar refractivity (Wildman–Crippen MR) is 111 cm³/mol. The number of nitrogens with zero attached hydrogens (tertiary/aromatic N) is 3. The summed E-state index contributed by atoms with van der Waals surface area (Å²) in [7, 11) is -4.82. The van der Waals surface area contributed by atoms with Crippen molar-refractivity contribution < 1.29 is 38.6 Å². The molecule has 164 valence electrons.